The van der Waals surface area contributed by atoms with Gasteiger partial charge in [0, 0.05) is 6.20 Å². The van der Waals surface area contributed by atoms with E-state index in [1.54, 1.807) is 0 Å². The van der Waals surface area contributed by atoms with Gasteiger partial charge in [0.05, 0.1) is 14.8 Å². The Kier molecular flexibility index (Phi) is 6.20. The second-order valence-corrected chi connectivity index (χ2v) is 3.39. The van der Waals surface area contributed by atoms with Crippen molar-refractivity contribution in [3.8, 4) is 0 Å². The number of rotatable bonds is 1. The molecular weight excluding hydrogens is 284 g/mol. The smallest absolute Gasteiger partial charge is 0.0919 e. The van der Waals surface area contributed by atoms with Gasteiger partial charge in [0.15, 0.2) is 0 Å². The first-order valence-electron chi connectivity index (χ1n) is 3.66. The molecule has 0 aliphatic carbocycles. The third-order valence-corrected chi connectivity index (χ3v) is 2.83. The zero-order valence-corrected chi connectivity index (χ0v) is 10.2. The Bertz CT molecular complexity index is 236. The summed E-state index contributed by atoms with van der Waals surface area (Å²) in [5.41, 5.74) is 6.42. The average molecular weight is 296 g/mol. The molecule has 1 aromatic heterocycles. The second kappa shape index (κ2) is 6.31. The van der Waals surface area contributed by atoms with Crippen LogP contribution in [0.25, 0.3) is 4.48 Å². The molecule has 3 N–H and O–H groups in total. The molecule has 1 rings (SSSR count). The van der Waals surface area contributed by atoms with Gasteiger partial charge in [-0.05, 0) is 44.0 Å². The Morgan fingerprint density at radius 3 is 2.33 bits per heavy atom. The lowest BCUT2D eigenvalue weighted by atomic mass is 10.4. The summed E-state index contributed by atoms with van der Waals surface area (Å²) in [5.74, 6) is 0. The second-order valence-electron chi connectivity index (χ2n) is 1.75. The van der Waals surface area contributed by atoms with Crippen LogP contribution < -0.4 is 5.73 Å². The van der Waals surface area contributed by atoms with Crippen LogP contribution in [-0.2, 0) is 0 Å². The van der Waals surface area contributed by atoms with E-state index in [2.05, 4.69) is 36.8 Å². The Balaban J connectivity index is 0.000000561. The maximum atomic E-state index is 5.46. The minimum absolute atomic E-state index is 0.593. The van der Waals surface area contributed by atoms with Crippen LogP contribution in [0.4, 0.5) is 0 Å². The van der Waals surface area contributed by atoms with Gasteiger partial charge in [-0.1, -0.05) is 13.8 Å². The van der Waals surface area contributed by atoms with Crippen molar-refractivity contribution < 1.29 is 0 Å². The number of aromatic nitrogens is 1. The van der Waals surface area contributed by atoms with E-state index in [0.29, 0.717) is 4.61 Å². The molecule has 0 fully saturated rings. The minimum atomic E-state index is 0.593. The summed E-state index contributed by atoms with van der Waals surface area (Å²) < 4.78 is 1.44. The molecule has 0 unspecified atom stereocenters. The first-order chi connectivity index (χ1) is 5.72. The number of H-pyrrole nitrogens is 1. The summed E-state index contributed by atoms with van der Waals surface area (Å²) in [6.07, 6.45) is 1.84. The van der Waals surface area contributed by atoms with Gasteiger partial charge in [0.1, 0.15) is 0 Å². The largest absolute Gasteiger partial charge is 0.392 e. The van der Waals surface area contributed by atoms with Crippen LogP contribution in [0.3, 0.4) is 0 Å². The normalized spacial score (nSPS) is 11.3. The third-order valence-electron chi connectivity index (χ3n) is 1.04. The summed E-state index contributed by atoms with van der Waals surface area (Å²) in [5, 5.41) is 0. The molecular formula is C8H12Br2N2. The molecule has 0 amide bonds. The standard InChI is InChI=1S/C6H6Br2N2.C2H6/c7-5(6(8)9)4-2-1-3-10-4;1-2/h1-3,10H,9H2;1-2H3/b6-5+;. The maximum Gasteiger partial charge on any atom is 0.0919 e. The number of nitrogens with one attached hydrogen (secondary N) is 1. The minimum Gasteiger partial charge on any atom is -0.392 e. The van der Waals surface area contributed by atoms with E-state index in [4.69, 9.17) is 5.73 Å². The molecule has 0 radical (unpaired) electrons. The van der Waals surface area contributed by atoms with Gasteiger partial charge in [0.25, 0.3) is 0 Å². The molecule has 0 aliphatic heterocycles. The predicted molar refractivity (Wildman–Crippen MR) is 61.1 cm³/mol. The van der Waals surface area contributed by atoms with Crippen molar-refractivity contribution in [1.29, 1.82) is 0 Å². The van der Waals surface area contributed by atoms with Crippen LogP contribution in [0.2, 0.25) is 0 Å². The summed E-state index contributed by atoms with van der Waals surface area (Å²) in [4.78, 5) is 3.00. The molecule has 4 heteroatoms. The Hall–Kier alpha value is -0.220. The van der Waals surface area contributed by atoms with Gasteiger partial charge in [-0.3, -0.25) is 0 Å². The highest BCUT2D eigenvalue weighted by molar-refractivity contribution is 9.16. The molecule has 0 bridgehead atoms. The van der Waals surface area contributed by atoms with Crippen molar-refractivity contribution in [3.63, 3.8) is 0 Å². The SMILES string of the molecule is CC.N/C(Br)=C(/Br)c1ccc[nH]1. The van der Waals surface area contributed by atoms with Gasteiger partial charge >= 0.3 is 0 Å². The fourth-order valence-corrected chi connectivity index (χ4v) is 1.06. The van der Waals surface area contributed by atoms with Crippen molar-refractivity contribution >= 4 is 36.3 Å². The van der Waals surface area contributed by atoms with E-state index >= 15 is 0 Å². The highest BCUT2D eigenvalue weighted by Crippen LogP contribution is 2.23. The van der Waals surface area contributed by atoms with Crippen LogP contribution >= 0.6 is 31.9 Å². The van der Waals surface area contributed by atoms with E-state index in [1.165, 1.54) is 0 Å². The molecule has 1 heterocycles. The highest BCUT2D eigenvalue weighted by atomic mass is 79.9. The lowest BCUT2D eigenvalue weighted by Crippen LogP contribution is -1.89. The lowest BCUT2D eigenvalue weighted by Gasteiger charge is -1.94. The average Bonchev–Trinajstić information content (AvgIpc) is 2.58. The van der Waals surface area contributed by atoms with Crippen molar-refractivity contribution in [2.75, 3.05) is 0 Å². The molecule has 0 aliphatic rings. The number of hydrogen-bond acceptors (Lipinski definition) is 1. The Labute approximate surface area is 89.5 Å². The highest BCUT2D eigenvalue weighted by Gasteiger charge is 1.99. The quantitative estimate of drug-likeness (QED) is 0.766. The van der Waals surface area contributed by atoms with Gasteiger partial charge in [0.2, 0.25) is 0 Å². The number of halogens is 2. The molecule has 12 heavy (non-hydrogen) atoms. The topological polar surface area (TPSA) is 41.8 Å². The number of aromatic amines is 1. The summed E-state index contributed by atoms with van der Waals surface area (Å²) in [6, 6.07) is 3.84. The fourth-order valence-electron chi connectivity index (χ4n) is 0.596. The molecule has 0 atom stereocenters. The Morgan fingerprint density at radius 1 is 1.42 bits per heavy atom. The number of hydrogen-bond donors (Lipinski definition) is 2. The number of nitrogens with two attached hydrogens (primary N) is 1. The zero-order chi connectivity index (χ0) is 9.56. The molecule has 0 aromatic carbocycles. The first kappa shape index (κ1) is 11.8. The van der Waals surface area contributed by atoms with Crippen LogP contribution in [-0.4, -0.2) is 4.98 Å². The summed E-state index contributed by atoms with van der Waals surface area (Å²) >= 11 is 6.46. The summed E-state index contributed by atoms with van der Waals surface area (Å²) in [6.45, 7) is 4.00. The van der Waals surface area contributed by atoms with E-state index < -0.39 is 0 Å². The Morgan fingerprint density at radius 2 is 2.00 bits per heavy atom. The van der Waals surface area contributed by atoms with E-state index in [1.807, 2.05) is 32.2 Å². The van der Waals surface area contributed by atoms with Crippen LogP contribution in [0, 0.1) is 0 Å². The third kappa shape index (κ3) is 3.45. The molecule has 0 saturated carbocycles. The van der Waals surface area contributed by atoms with Crippen LogP contribution in [0.15, 0.2) is 22.9 Å². The lowest BCUT2D eigenvalue weighted by molar-refractivity contribution is 1.36. The van der Waals surface area contributed by atoms with E-state index in [9.17, 15) is 0 Å². The monoisotopic (exact) mass is 294 g/mol. The van der Waals surface area contributed by atoms with Crippen LogP contribution in [0.1, 0.15) is 19.5 Å². The molecule has 0 spiro atoms. The molecule has 2 nitrogen and oxygen atoms in total. The molecule has 68 valence electrons. The van der Waals surface area contributed by atoms with Gasteiger partial charge in [-0.15, -0.1) is 0 Å². The van der Waals surface area contributed by atoms with Crippen LogP contribution in [0.5, 0.6) is 0 Å². The van der Waals surface area contributed by atoms with E-state index in [0.717, 1.165) is 10.2 Å². The maximum absolute atomic E-state index is 5.46. The van der Waals surface area contributed by atoms with Gasteiger partial charge in [-0.2, -0.15) is 0 Å². The van der Waals surface area contributed by atoms with Gasteiger partial charge < -0.3 is 10.7 Å². The van der Waals surface area contributed by atoms with Crippen molar-refractivity contribution in [3.05, 3.63) is 28.6 Å². The molecule has 1 aromatic rings. The van der Waals surface area contributed by atoms with Crippen molar-refractivity contribution in [2.45, 2.75) is 13.8 Å². The first-order valence-corrected chi connectivity index (χ1v) is 5.25. The fraction of sp³-hybridized carbons (Fsp3) is 0.250. The van der Waals surface area contributed by atoms with Crippen molar-refractivity contribution in [1.82, 2.24) is 4.98 Å². The van der Waals surface area contributed by atoms with E-state index in [-0.39, 0.29) is 0 Å². The molecule has 0 saturated heterocycles. The van der Waals surface area contributed by atoms with Gasteiger partial charge in [-0.25, -0.2) is 0 Å². The summed E-state index contributed by atoms with van der Waals surface area (Å²) in [7, 11) is 0. The zero-order valence-electron chi connectivity index (χ0n) is 7.07. The predicted octanol–water partition coefficient (Wildman–Crippen LogP) is 3.42. The van der Waals surface area contributed by atoms with Crippen molar-refractivity contribution in [2.24, 2.45) is 5.73 Å².